The predicted molar refractivity (Wildman–Crippen MR) is 235 cm³/mol. The van der Waals surface area contributed by atoms with Crippen LogP contribution in [-0.4, -0.2) is 15.0 Å². The summed E-state index contributed by atoms with van der Waals surface area (Å²) in [5.74, 6) is 2.58. The van der Waals surface area contributed by atoms with Gasteiger partial charge in [0.05, 0.1) is 0 Å². The van der Waals surface area contributed by atoms with Crippen LogP contribution in [0.4, 0.5) is 0 Å². The fourth-order valence-corrected chi connectivity index (χ4v) is 8.24. The molecule has 9 aromatic carbocycles. The molecule has 0 spiro atoms. The number of fused-ring (bicyclic) bond motifs is 5. The first-order valence-corrected chi connectivity index (χ1v) is 19.2. The zero-order chi connectivity index (χ0) is 37.7. The summed E-state index contributed by atoms with van der Waals surface area (Å²) in [6.45, 7) is 0. The van der Waals surface area contributed by atoms with Crippen LogP contribution < -0.4 is 0 Å². The van der Waals surface area contributed by atoms with Gasteiger partial charge in [-0.3, -0.25) is 0 Å². The molecule has 0 fully saturated rings. The van der Waals surface area contributed by atoms with E-state index in [1.54, 1.807) is 0 Å². The van der Waals surface area contributed by atoms with Crippen LogP contribution in [0.25, 0.3) is 111 Å². The summed E-state index contributed by atoms with van der Waals surface area (Å²) >= 11 is 0. The van der Waals surface area contributed by atoms with Gasteiger partial charge < -0.3 is 4.42 Å². The first-order chi connectivity index (χ1) is 28.2. The molecule has 4 heteroatoms. The summed E-state index contributed by atoms with van der Waals surface area (Å²) in [6.07, 6.45) is 0. The van der Waals surface area contributed by atoms with Crippen LogP contribution in [0.3, 0.4) is 0 Å². The third-order valence-electron chi connectivity index (χ3n) is 10.9. The molecule has 0 radical (unpaired) electrons. The van der Waals surface area contributed by atoms with E-state index < -0.39 is 0 Å². The van der Waals surface area contributed by atoms with Gasteiger partial charge in [-0.15, -0.1) is 0 Å². The van der Waals surface area contributed by atoms with E-state index in [4.69, 9.17) is 19.4 Å². The van der Waals surface area contributed by atoms with E-state index in [1.807, 2.05) is 36.4 Å². The van der Waals surface area contributed by atoms with Gasteiger partial charge in [0, 0.05) is 27.6 Å². The quantitative estimate of drug-likeness (QED) is 0.126. The molecule has 2 aromatic heterocycles. The maximum atomic E-state index is 6.30. The molecular weight excluding hydrogens is 695 g/mol. The van der Waals surface area contributed by atoms with Crippen molar-refractivity contribution >= 4 is 43.3 Å². The first-order valence-electron chi connectivity index (χ1n) is 19.2. The number of hydrogen-bond acceptors (Lipinski definition) is 4. The van der Waals surface area contributed by atoms with Crippen LogP contribution >= 0.6 is 0 Å². The second kappa shape index (κ2) is 13.6. The number of aromatic nitrogens is 3. The van der Waals surface area contributed by atoms with Crippen molar-refractivity contribution in [2.45, 2.75) is 0 Å². The number of rotatable bonds is 6. The normalized spacial score (nSPS) is 11.5. The first kappa shape index (κ1) is 32.7. The van der Waals surface area contributed by atoms with E-state index in [2.05, 4.69) is 164 Å². The van der Waals surface area contributed by atoms with E-state index in [-0.39, 0.29) is 0 Å². The molecule has 57 heavy (non-hydrogen) atoms. The van der Waals surface area contributed by atoms with Crippen molar-refractivity contribution in [3.8, 4) is 67.7 Å². The van der Waals surface area contributed by atoms with Gasteiger partial charge in [0.1, 0.15) is 11.3 Å². The van der Waals surface area contributed by atoms with Gasteiger partial charge >= 0.3 is 0 Å². The van der Waals surface area contributed by atoms with Crippen molar-refractivity contribution in [3.05, 3.63) is 200 Å². The Morgan fingerprint density at radius 1 is 0.298 bits per heavy atom. The van der Waals surface area contributed by atoms with Crippen LogP contribution in [-0.2, 0) is 0 Å². The predicted octanol–water partition coefficient (Wildman–Crippen LogP) is 14.1. The highest BCUT2D eigenvalue weighted by Crippen LogP contribution is 2.43. The minimum Gasteiger partial charge on any atom is -0.456 e. The molecular formula is C53H33N3O. The number of para-hydroxylation sites is 1. The largest absolute Gasteiger partial charge is 0.456 e. The van der Waals surface area contributed by atoms with Crippen molar-refractivity contribution in [2.75, 3.05) is 0 Å². The average Bonchev–Trinajstić information content (AvgIpc) is 3.73. The molecule has 0 unspecified atom stereocenters. The number of furan rings is 1. The zero-order valence-electron chi connectivity index (χ0n) is 30.8. The van der Waals surface area contributed by atoms with E-state index in [9.17, 15) is 0 Å². The Hall–Kier alpha value is -7.69. The van der Waals surface area contributed by atoms with Gasteiger partial charge in [0.25, 0.3) is 0 Å². The highest BCUT2D eigenvalue weighted by atomic mass is 16.3. The van der Waals surface area contributed by atoms with Gasteiger partial charge in [-0.1, -0.05) is 176 Å². The van der Waals surface area contributed by atoms with Crippen molar-refractivity contribution in [3.63, 3.8) is 0 Å². The lowest BCUT2D eigenvalue weighted by atomic mass is 9.88. The summed E-state index contributed by atoms with van der Waals surface area (Å²) in [6, 6.07) is 69.9. The Bertz CT molecular complexity index is 3280. The van der Waals surface area contributed by atoms with Gasteiger partial charge in [-0.25, -0.2) is 15.0 Å². The van der Waals surface area contributed by atoms with Gasteiger partial charge in [-0.05, 0) is 78.8 Å². The van der Waals surface area contributed by atoms with Crippen LogP contribution in [0.1, 0.15) is 0 Å². The fraction of sp³-hybridized carbons (Fsp3) is 0. The van der Waals surface area contributed by atoms with Gasteiger partial charge in [0.15, 0.2) is 17.5 Å². The fourth-order valence-electron chi connectivity index (χ4n) is 8.24. The van der Waals surface area contributed by atoms with E-state index >= 15 is 0 Å². The summed E-state index contributed by atoms with van der Waals surface area (Å²) < 4.78 is 6.30. The van der Waals surface area contributed by atoms with Crippen molar-refractivity contribution in [1.29, 1.82) is 0 Å². The maximum Gasteiger partial charge on any atom is 0.164 e. The molecule has 0 amide bonds. The third-order valence-corrected chi connectivity index (χ3v) is 10.9. The average molecular weight is 728 g/mol. The molecule has 0 saturated carbocycles. The van der Waals surface area contributed by atoms with E-state index in [0.717, 1.165) is 61.2 Å². The highest BCUT2D eigenvalue weighted by Gasteiger charge is 2.21. The highest BCUT2D eigenvalue weighted by molar-refractivity contribution is 6.21. The second-order valence-corrected chi connectivity index (χ2v) is 14.3. The number of benzene rings is 9. The standard InChI is InChI=1S/C53H33N3O/c1-2-15-34(16-3-1)40-22-9-11-26-45(40)52-54-51(39-21-14-20-37(31-39)49-33-38-19-6-13-28-48(38)57-49)55-53(56-52)46-27-12-10-25-43(46)50-42-24-8-5-18-36(42)32-47-41-23-7-4-17-35(41)29-30-44(47)50/h1-33H. The molecule has 0 N–H and O–H groups in total. The summed E-state index contributed by atoms with van der Waals surface area (Å²) in [4.78, 5) is 15.9. The molecule has 11 aromatic rings. The van der Waals surface area contributed by atoms with Gasteiger partial charge in [0.2, 0.25) is 0 Å². The lowest BCUT2D eigenvalue weighted by Crippen LogP contribution is -2.02. The van der Waals surface area contributed by atoms with Crippen molar-refractivity contribution in [1.82, 2.24) is 15.0 Å². The minimum absolute atomic E-state index is 0.583. The smallest absolute Gasteiger partial charge is 0.164 e. The topological polar surface area (TPSA) is 51.8 Å². The summed E-state index contributed by atoms with van der Waals surface area (Å²) in [5.41, 5.74) is 8.90. The Kier molecular flexibility index (Phi) is 7.78. The van der Waals surface area contributed by atoms with Crippen LogP contribution in [0.15, 0.2) is 205 Å². The van der Waals surface area contributed by atoms with E-state index in [1.165, 1.54) is 32.3 Å². The molecule has 0 aliphatic heterocycles. The lowest BCUT2D eigenvalue weighted by molar-refractivity contribution is 0.631. The Morgan fingerprint density at radius 2 is 0.877 bits per heavy atom. The molecule has 0 aliphatic rings. The van der Waals surface area contributed by atoms with Crippen molar-refractivity contribution in [2.24, 2.45) is 0 Å². The molecule has 4 nitrogen and oxygen atoms in total. The molecule has 0 bridgehead atoms. The number of nitrogens with zero attached hydrogens (tertiary/aromatic N) is 3. The van der Waals surface area contributed by atoms with Crippen LogP contribution in [0, 0.1) is 0 Å². The molecule has 11 rings (SSSR count). The molecule has 0 atom stereocenters. The summed E-state index contributed by atoms with van der Waals surface area (Å²) in [5, 5.41) is 8.26. The van der Waals surface area contributed by atoms with Crippen LogP contribution in [0.2, 0.25) is 0 Å². The maximum absolute atomic E-state index is 6.30. The Labute approximate surface area is 329 Å². The second-order valence-electron chi connectivity index (χ2n) is 14.3. The summed E-state index contributed by atoms with van der Waals surface area (Å²) in [7, 11) is 0. The SMILES string of the molecule is c1ccc(-c2ccccc2-c2nc(-c3cccc(-c4cc5ccccc5o4)c3)nc(-c3ccccc3-c3c4ccccc4cc4c3ccc3ccccc34)n2)cc1. The molecule has 2 heterocycles. The molecule has 0 aliphatic carbocycles. The molecule has 266 valence electrons. The Morgan fingerprint density at radius 3 is 1.67 bits per heavy atom. The van der Waals surface area contributed by atoms with Gasteiger partial charge in [-0.2, -0.15) is 0 Å². The Balaban J connectivity index is 1.17. The minimum atomic E-state index is 0.583. The number of hydrogen-bond donors (Lipinski definition) is 0. The zero-order valence-corrected chi connectivity index (χ0v) is 30.8. The van der Waals surface area contributed by atoms with E-state index in [0.29, 0.717) is 17.5 Å². The monoisotopic (exact) mass is 727 g/mol. The molecule has 0 saturated heterocycles. The lowest BCUT2D eigenvalue weighted by Gasteiger charge is -2.17. The van der Waals surface area contributed by atoms with Crippen molar-refractivity contribution < 1.29 is 4.42 Å². The third kappa shape index (κ3) is 5.74. The van der Waals surface area contributed by atoms with Crippen LogP contribution in [0.5, 0.6) is 0 Å².